The van der Waals surface area contributed by atoms with Crippen molar-refractivity contribution in [2.24, 2.45) is 10.8 Å². The number of methoxy groups -OCH3 is 2. The quantitative estimate of drug-likeness (QED) is 0.0441. The van der Waals surface area contributed by atoms with Crippen molar-refractivity contribution in [1.82, 2.24) is 0 Å². The minimum Gasteiger partial charge on any atom is -0.469 e. The van der Waals surface area contributed by atoms with Gasteiger partial charge in [-0.15, -0.1) is 0 Å². The molecule has 0 bridgehead atoms. The zero-order valence-corrected chi connectivity index (χ0v) is 32.8. The van der Waals surface area contributed by atoms with Crippen molar-refractivity contribution < 1.29 is 67.4 Å². The monoisotopic (exact) mass is 726 g/mol. The Morgan fingerprint density at radius 3 is 1.31 bits per heavy atom. The molecule has 0 heterocycles. The van der Waals surface area contributed by atoms with E-state index in [1.807, 2.05) is 6.92 Å². The van der Waals surface area contributed by atoms with Gasteiger partial charge in [0.15, 0.2) is 0 Å². The number of hydrogen-bond donors (Lipinski definition) is 4. The van der Waals surface area contributed by atoms with E-state index >= 15 is 0 Å². The third-order valence-electron chi connectivity index (χ3n) is 7.76. The first-order valence-corrected chi connectivity index (χ1v) is 20.7. The molecule has 0 rings (SSSR count). The minimum atomic E-state index is -2.54. The zero-order chi connectivity index (χ0) is 38.2. The van der Waals surface area contributed by atoms with Crippen LogP contribution in [-0.2, 0) is 47.0 Å². The summed E-state index contributed by atoms with van der Waals surface area (Å²) in [6, 6.07) is 1.05. The summed E-state index contributed by atoms with van der Waals surface area (Å²) in [5.41, 5.74) is -0.784. The molecule has 4 N–H and O–H groups in total. The van der Waals surface area contributed by atoms with Gasteiger partial charge in [0.2, 0.25) is 16.6 Å². The van der Waals surface area contributed by atoms with Crippen molar-refractivity contribution in [1.29, 1.82) is 0 Å². The Morgan fingerprint density at radius 2 is 1.04 bits per heavy atom. The van der Waals surface area contributed by atoms with Crippen molar-refractivity contribution in [3.8, 4) is 0 Å². The number of carbonyl (C=O) groups is 4. The van der Waals surface area contributed by atoms with E-state index in [1.165, 1.54) is 28.4 Å². The molecule has 0 aliphatic carbocycles. The number of esters is 4. The normalized spacial score (nSPS) is 12.5. The first kappa shape index (κ1) is 49.9. The third-order valence-corrected chi connectivity index (χ3v) is 14.3. The molecule has 0 saturated heterocycles. The van der Waals surface area contributed by atoms with Gasteiger partial charge in [-0.05, 0) is 72.4 Å². The molecule has 0 aromatic carbocycles. The Balaban J connectivity index is -0.000000746. The second-order valence-electron chi connectivity index (χ2n) is 12.4. The van der Waals surface area contributed by atoms with E-state index in [2.05, 4.69) is 17.9 Å². The smallest absolute Gasteiger partial charge is 0.333 e. The van der Waals surface area contributed by atoms with Gasteiger partial charge in [-0.25, -0.2) is 9.59 Å². The number of hydrogen-bond acceptors (Lipinski definition) is 14. The highest BCUT2D eigenvalue weighted by Crippen LogP contribution is 2.38. The number of ether oxygens (including phenoxy) is 4. The molecule has 1 unspecified atom stereocenters. The molecule has 0 amide bonds. The topological polar surface area (TPSA) is 205 Å². The van der Waals surface area contributed by atoms with Gasteiger partial charge in [0.1, 0.15) is 0 Å². The maximum absolute atomic E-state index is 12.4. The maximum Gasteiger partial charge on any atom is 0.333 e. The van der Waals surface area contributed by atoms with Crippen molar-refractivity contribution in [3.63, 3.8) is 0 Å². The van der Waals surface area contributed by atoms with E-state index in [1.54, 1.807) is 34.6 Å². The maximum atomic E-state index is 12.4. The Kier molecular flexibility index (Phi) is 26.5. The van der Waals surface area contributed by atoms with Gasteiger partial charge in [0.25, 0.3) is 0 Å². The molecule has 0 aliphatic rings. The number of aliphatic hydroxyl groups excluding tert-OH is 4. The summed E-state index contributed by atoms with van der Waals surface area (Å²) >= 11 is 0. The predicted molar refractivity (Wildman–Crippen MR) is 185 cm³/mol. The van der Waals surface area contributed by atoms with Gasteiger partial charge < -0.3 is 48.2 Å². The molecule has 0 aliphatic heterocycles. The van der Waals surface area contributed by atoms with Gasteiger partial charge in [0, 0.05) is 25.4 Å². The predicted octanol–water partition coefficient (Wildman–Crippen LogP) is 2.47. The van der Waals surface area contributed by atoms with Crippen LogP contribution in [0.5, 0.6) is 0 Å². The van der Waals surface area contributed by atoms with Crippen LogP contribution in [-0.4, -0.2) is 128 Å². The lowest BCUT2D eigenvalue weighted by Crippen LogP contribution is -2.46. The Labute approximate surface area is 288 Å². The van der Waals surface area contributed by atoms with Crippen LogP contribution in [0.15, 0.2) is 24.3 Å². The third kappa shape index (κ3) is 18.9. The molecule has 1 atom stereocenters. The minimum absolute atomic E-state index is 0.131. The highest BCUT2D eigenvalue weighted by Gasteiger charge is 2.42. The molecule has 0 saturated carbocycles. The van der Waals surface area contributed by atoms with Gasteiger partial charge in [-0.1, -0.05) is 20.1 Å². The number of rotatable bonds is 21. The van der Waals surface area contributed by atoms with Crippen LogP contribution >= 0.6 is 0 Å². The molecule has 0 spiro atoms. The lowest BCUT2D eigenvalue weighted by molar-refractivity contribution is -0.161. The first-order chi connectivity index (χ1) is 22.2. The fraction of sp³-hybridized carbons (Fsp3) is 0.750. The van der Waals surface area contributed by atoms with Gasteiger partial charge in [0.05, 0.1) is 63.2 Å². The fourth-order valence-electron chi connectivity index (χ4n) is 4.13. The largest absolute Gasteiger partial charge is 0.469 e. The van der Waals surface area contributed by atoms with Crippen LogP contribution in [0.25, 0.3) is 0 Å². The van der Waals surface area contributed by atoms with Crippen LogP contribution in [0.1, 0.15) is 67.2 Å². The molecule has 0 aromatic heterocycles. The average molecular weight is 727 g/mol. The molecule has 14 nitrogen and oxygen atoms in total. The van der Waals surface area contributed by atoms with Crippen LogP contribution in [0.2, 0.25) is 12.1 Å². The van der Waals surface area contributed by atoms with Crippen LogP contribution in [0.4, 0.5) is 0 Å². The SMILES string of the molecule is C=C(C)C(=O)OC.C=C(C)C(=O)OCCC[Si](CO)(CO)OC.CCC(C)(CC(C)(C)C(=O)OCCC[Si](CO)(CO)OC)C(=O)OC. The van der Waals surface area contributed by atoms with Crippen molar-refractivity contribution >= 4 is 40.5 Å². The van der Waals surface area contributed by atoms with E-state index in [-0.39, 0.29) is 56.0 Å². The number of aliphatic hydroxyl groups is 4. The highest BCUT2D eigenvalue weighted by molar-refractivity contribution is 6.73. The fourth-order valence-corrected chi connectivity index (χ4v) is 7.46. The molecule has 0 radical (unpaired) electrons. The van der Waals surface area contributed by atoms with E-state index < -0.39 is 33.4 Å². The Bertz CT molecular complexity index is 977. The van der Waals surface area contributed by atoms with E-state index in [0.29, 0.717) is 48.9 Å². The molecule has 16 heteroatoms. The van der Waals surface area contributed by atoms with Crippen LogP contribution in [0, 0.1) is 10.8 Å². The van der Waals surface area contributed by atoms with Crippen molar-refractivity contribution in [2.45, 2.75) is 79.3 Å². The molecular formula is C32H62O14Si2. The summed E-state index contributed by atoms with van der Waals surface area (Å²) in [6.07, 6.45) is 1.35. The summed E-state index contributed by atoms with van der Waals surface area (Å²) in [4.78, 5) is 45.6. The van der Waals surface area contributed by atoms with Crippen LogP contribution in [0.3, 0.4) is 0 Å². The second kappa shape index (κ2) is 25.5. The summed E-state index contributed by atoms with van der Waals surface area (Å²) < 4.78 is 29.8. The first-order valence-electron chi connectivity index (χ1n) is 15.6. The zero-order valence-electron chi connectivity index (χ0n) is 30.8. The standard InChI is InChI=1S/C17H34O7Si.C10H20O5Si.C5H8O2/c1-7-17(4,15(21)22-5)11-16(2,3)14(20)24-9-8-10-25(12-18,13-19)23-6;1-9(2)10(13)15-5-4-6-16(7-11,8-12)14-3;1-4(2)5(6)7-3/h18-19H,7-13H2,1-6H3;11-12H,1,4-8H2,2-3H3;1H2,2-3H3. The molecular weight excluding hydrogens is 665 g/mol. The van der Waals surface area contributed by atoms with Crippen molar-refractivity contribution in [3.05, 3.63) is 24.3 Å². The summed E-state index contributed by atoms with van der Waals surface area (Å²) in [6.45, 7) is 17.6. The lowest BCUT2D eigenvalue weighted by atomic mass is 9.72. The summed E-state index contributed by atoms with van der Waals surface area (Å²) in [5.74, 6) is -1.48. The van der Waals surface area contributed by atoms with Crippen molar-refractivity contribution in [2.75, 3.05) is 66.6 Å². The highest BCUT2D eigenvalue weighted by atomic mass is 28.4. The second-order valence-corrected chi connectivity index (χ2v) is 20.2. The Morgan fingerprint density at radius 1 is 0.646 bits per heavy atom. The molecule has 282 valence electrons. The average Bonchev–Trinajstić information content (AvgIpc) is 3.08. The molecule has 0 fully saturated rings. The summed E-state index contributed by atoms with van der Waals surface area (Å²) in [7, 11) is 0.677. The number of carbonyl (C=O) groups excluding carboxylic acids is 4. The lowest BCUT2D eigenvalue weighted by Gasteiger charge is -2.33. The van der Waals surface area contributed by atoms with Gasteiger partial charge >= 0.3 is 23.9 Å². The van der Waals surface area contributed by atoms with Gasteiger partial charge in [-0.2, -0.15) is 0 Å². The van der Waals surface area contributed by atoms with Gasteiger partial charge in [-0.3, -0.25) is 9.59 Å². The van der Waals surface area contributed by atoms with E-state index in [4.69, 9.17) is 33.3 Å². The Hall–Kier alpha value is -2.45. The van der Waals surface area contributed by atoms with E-state index in [9.17, 15) is 29.4 Å². The van der Waals surface area contributed by atoms with Crippen LogP contribution < -0.4 is 0 Å². The summed E-state index contributed by atoms with van der Waals surface area (Å²) in [5, 5.41) is 37.0. The molecule has 48 heavy (non-hydrogen) atoms. The molecule has 0 aromatic rings. The van der Waals surface area contributed by atoms with E-state index in [0.717, 1.165) is 0 Å².